The van der Waals surface area contributed by atoms with Gasteiger partial charge in [0, 0.05) is 24.1 Å². The zero-order valence-electron chi connectivity index (χ0n) is 13.6. The quantitative estimate of drug-likeness (QED) is 0.679. The number of rotatable bonds is 8. The number of thiazole rings is 1. The van der Waals surface area contributed by atoms with Crippen molar-refractivity contribution in [1.29, 1.82) is 0 Å². The summed E-state index contributed by atoms with van der Waals surface area (Å²) in [5.74, 6) is -1.02. The maximum atomic E-state index is 12.9. The van der Waals surface area contributed by atoms with E-state index in [1.165, 1.54) is 24.3 Å². The molecule has 142 valence electrons. The maximum absolute atomic E-state index is 12.9. The topological polar surface area (TPSA) is 65.5 Å². The molecule has 0 spiro atoms. The van der Waals surface area contributed by atoms with Crippen molar-refractivity contribution in [2.45, 2.75) is 12.6 Å². The largest absolute Gasteiger partial charge is 0.401 e. The smallest absolute Gasteiger partial charge is 0.396 e. The number of carbonyl (C=O) groups excluding carboxylic acids is 1. The molecule has 0 unspecified atom stereocenters. The molecule has 0 aliphatic heterocycles. The minimum absolute atomic E-state index is 0.0534. The Kier molecular flexibility index (Phi) is 7.06. The summed E-state index contributed by atoms with van der Waals surface area (Å²) in [6, 6.07) is 5.64. The van der Waals surface area contributed by atoms with Gasteiger partial charge in [-0.25, -0.2) is 9.37 Å². The molecule has 0 atom stereocenters. The van der Waals surface area contributed by atoms with Crippen LogP contribution in [-0.4, -0.2) is 53.3 Å². The molecular formula is C16H17F4N3O2S. The first-order valence-corrected chi connectivity index (χ1v) is 8.56. The van der Waals surface area contributed by atoms with Gasteiger partial charge in [-0.2, -0.15) is 13.2 Å². The fourth-order valence-corrected chi connectivity index (χ4v) is 2.94. The summed E-state index contributed by atoms with van der Waals surface area (Å²) < 4.78 is 50.6. The average Bonchev–Trinajstić information content (AvgIpc) is 3.00. The molecule has 26 heavy (non-hydrogen) atoms. The molecule has 0 aliphatic rings. The molecule has 2 N–H and O–H groups in total. The van der Waals surface area contributed by atoms with Crippen molar-refractivity contribution in [3.8, 4) is 11.3 Å². The molecule has 2 aromatic rings. The van der Waals surface area contributed by atoms with Crippen LogP contribution in [0.3, 0.4) is 0 Å². The van der Waals surface area contributed by atoms with E-state index < -0.39 is 25.2 Å². The summed E-state index contributed by atoms with van der Waals surface area (Å²) in [5.41, 5.74) is 1.18. The number of hydrogen-bond donors (Lipinski definition) is 2. The molecule has 1 aromatic heterocycles. The number of alkyl halides is 3. The number of benzene rings is 1. The van der Waals surface area contributed by atoms with Crippen molar-refractivity contribution in [2.75, 3.05) is 31.6 Å². The maximum Gasteiger partial charge on any atom is 0.401 e. The van der Waals surface area contributed by atoms with E-state index >= 15 is 0 Å². The molecule has 10 heteroatoms. The third kappa shape index (κ3) is 6.70. The lowest BCUT2D eigenvalue weighted by atomic mass is 10.2. The highest BCUT2D eigenvalue weighted by Gasteiger charge is 2.31. The number of hydrogen-bond acceptors (Lipinski definition) is 5. The van der Waals surface area contributed by atoms with Crippen LogP contribution in [0.2, 0.25) is 0 Å². The monoisotopic (exact) mass is 391 g/mol. The standard InChI is InChI=1S/C16H17F4N3O2S/c17-12-4-2-11(3-5-12)13-9-26-15(21-13)22-14(25)8-23(6-1-7-24)10-16(18,19)20/h2-5,9,24H,1,6-8,10H2,(H,21,22,25). The Morgan fingerprint density at radius 1 is 1.27 bits per heavy atom. The lowest BCUT2D eigenvalue weighted by Crippen LogP contribution is -2.40. The van der Waals surface area contributed by atoms with Crippen LogP contribution < -0.4 is 5.32 Å². The molecule has 0 saturated heterocycles. The molecule has 2 rings (SSSR count). The predicted octanol–water partition coefficient (Wildman–Crippen LogP) is 3.13. The zero-order valence-corrected chi connectivity index (χ0v) is 14.4. The second-order valence-corrected chi connectivity index (χ2v) is 6.35. The van der Waals surface area contributed by atoms with Crippen LogP contribution >= 0.6 is 11.3 Å². The van der Waals surface area contributed by atoms with Gasteiger partial charge in [0.15, 0.2) is 5.13 Å². The first-order chi connectivity index (χ1) is 12.3. The zero-order chi connectivity index (χ0) is 19.2. The number of aliphatic hydroxyl groups is 1. The number of nitrogens with one attached hydrogen (secondary N) is 1. The minimum Gasteiger partial charge on any atom is -0.396 e. The third-order valence-electron chi connectivity index (χ3n) is 3.29. The van der Waals surface area contributed by atoms with Gasteiger partial charge in [-0.1, -0.05) is 0 Å². The molecule has 0 fully saturated rings. The van der Waals surface area contributed by atoms with Gasteiger partial charge in [-0.05, 0) is 30.7 Å². The van der Waals surface area contributed by atoms with Crippen molar-refractivity contribution < 1.29 is 27.5 Å². The number of carbonyl (C=O) groups is 1. The van der Waals surface area contributed by atoms with Crippen LogP contribution in [0, 0.1) is 5.82 Å². The van der Waals surface area contributed by atoms with Gasteiger partial charge < -0.3 is 10.4 Å². The molecule has 0 saturated carbocycles. The molecule has 1 aromatic carbocycles. The number of amides is 1. The molecule has 0 bridgehead atoms. The van der Waals surface area contributed by atoms with Gasteiger partial charge in [-0.15, -0.1) is 11.3 Å². The summed E-state index contributed by atoms with van der Waals surface area (Å²) in [4.78, 5) is 17.1. The Bertz CT molecular complexity index is 719. The lowest BCUT2D eigenvalue weighted by molar-refractivity contribution is -0.148. The van der Waals surface area contributed by atoms with E-state index in [0.717, 1.165) is 16.2 Å². The Hall–Kier alpha value is -2.04. The Balaban J connectivity index is 1.96. The third-order valence-corrected chi connectivity index (χ3v) is 4.05. The van der Waals surface area contributed by atoms with Gasteiger partial charge >= 0.3 is 6.18 Å². The van der Waals surface area contributed by atoms with Crippen molar-refractivity contribution >= 4 is 22.4 Å². The van der Waals surface area contributed by atoms with Crippen LogP contribution in [0.25, 0.3) is 11.3 Å². The highest BCUT2D eigenvalue weighted by Crippen LogP contribution is 2.25. The Morgan fingerprint density at radius 2 is 1.96 bits per heavy atom. The van der Waals surface area contributed by atoms with Gasteiger partial charge in [-0.3, -0.25) is 9.69 Å². The van der Waals surface area contributed by atoms with Crippen LogP contribution in [0.5, 0.6) is 0 Å². The van der Waals surface area contributed by atoms with Crippen LogP contribution in [0.4, 0.5) is 22.7 Å². The van der Waals surface area contributed by atoms with E-state index in [2.05, 4.69) is 10.3 Å². The first-order valence-electron chi connectivity index (χ1n) is 7.68. The number of anilines is 1. The van der Waals surface area contributed by atoms with E-state index in [-0.39, 0.29) is 30.5 Å². The van der Waals surface area contributed by atoms with Crippen LogP contribution in [0.1, 0.15) is 6.42 Å². The van der Waals surface area contributed by atoms with Crippen LogP contribution in [-0.2, 0) is 4.79 Å². The van der Waals surface area contributed by atoms with Crippen molar-refractivity contribution in [1.82, 2.24) is 9.88 Å². The van der Waals surface area contributed by atoms with E-state index in [1.54, 1.807) is 5.38 Å². The number of nitrogens with zero attached hydrogens (tertiary/aromatic N) is 2. The summed E-state index contributed by atoms with van der Waals surface area (Å²) >= 11 is 1.12. The van der Waals surface area contributed by atoms with Gasteiger partial charge in [0.25, 0.3) is 0 Å². The van der Waals surface area contributed by atoms with E-state index in [0.29, 0.717) is 11.3 Å². The minimum atomic E-state index is -4.44. The average molecular weight is 391 g/mol. The normalized spacial score (nSPS) is 11.8. The molecule has 1 heterocycles. The van der Waals surface area contributed by atoms with Gasteiger partial charge in [0.2, 0.25) is 5.91 Å². The van der Waals surface area contributed by atoms with Gasteiger partial charge in [0.1, 0.15) is 5.82 Å². The van der Waals surface area contributed by atoms with Crippen molar-refractivity contribution in [3.05, 3.63) is 35.5 Å². The van der Waals surface area contributed by atoms with Crippen molar-refractivity contribution in [2.24, 2.45) is 0 Å². The number of halogens is 4. The summed E-state index contributed by atoms with van der Waals surface area (Å²) in [5, 5.41) is 13.1. The molecular weight excluding hydrogens is 374 g/mol. The fraction of sp³-hybridized carbons (Fsp3) is 0.375. The van der Waals surface area contributed by atoms with Crippen molar-refractivity contribution in [3.63, 3.8) is 0 Å². The highest BCUT2D eigenvalue weighted by atomic mass is 32.1. The lowest BCUT2D eigenvalue weighted by Gasteiger charge is -2.22. The summed E-state index contributed by atoms with van der Waals surface area (Å²) in [7, 11) is 0. The number of aromatic nitrogens is 1. The summed E-state index contributed by atoms with van der Waals surface area (Å²) in [6.45, 7) is -2.02. The highest BCUT2D eigenvalue weighted by molar-refractivity contribution is 7.14. The van der Waals surface area contributed by atoms with E-state index in [1.807, 2.05) is 0 Å². The Morgan fingerprint density at radius 3 is 2.58 bits per heavy atom. The SMILES string of the molecule is O=C(CN(CCCO)CC(F)(F)F)Nc1nc(-c2ccc(F)cc2)cs1. The number of aliphatic hydroxyl groups excluding tert-OH is 1. The van der Waals surface area contributed by atoms with Gasteiger partial charge in [0.05, 0.1) is 18.8 Å². The second kappa shape index (κ2) is 9.06. The predicted molar refractivity (Wildman–Crippen MR) is 90.3 cm³/mol. The van der Waals surface area contributed by atoms with E-state index in [4.69, 9.17) is 5.11 Å². The summed E-state index contributed by atoms with van der Waals surface area (Å²) in [6.07, 6.45) is -4.30. The Labute approximate surface area is 151 Å². The first kappa shape index (κ1) is 20.3. The fourth-order valence-electron chi connectivity index (χ4n) is 2.21. The molecule has 0 radical (unpaired) electrons. The molecule has 0 aliphatic carbocycles. The van der Waals surface area contributed by atoms with E-state index in [9.17, 15) is 22.4 Å². The second-order valence-electron chi connectivity index (χ2n) is 5.50. The molecule has 5 nitrogen and oxygen atoms in total. The molecule has 1 amide bonds. The van der Waals surface area contributed by atoms with Crippen LogP contribution in [0.15, 0.2) is 29.6 Å².